The second kappa shape index (κ2) is 24.8. The third kappa shape index (κ3) is 11.1. The summed E-state index contributed by atoms with van der Waals surface area (Å²) >= 11 is 0. The van der Waals surface area contributed by atoms with Crippen molar-refractivity contribution >= 4 is 123 Å². The zero-order valence-corrected chi connectivity index (χ0v) is 65.7. The first kappa shape index (κ1) is 63.1. The zero-order valence-electron chi connectivity index (χ0n) is 70.7. The molecule has 5 heterocycles. The molecule has 0 saturated heterocycles. The van der Waals surface area contributed by atoms with Gasteiger partial charge in [0.05, 0.1) is 51.3 Å². The molecule has 0 N–H and O–H groups in total. The molecule has 6 heteroatoms. The van der Waals surface area contributed by atoms with E-state index in [0.717, 1.165) is 139 Å². The summed E-state index contributed by atoms with van der Waals surface area (Å²) in [5, 5.41) is 7.09. The molecular weight excluding hydrogens is 1330 g/mol. The van der Waals surface area contributed by atoms with Crippen molar-refractivity contribution in [3.05, 3.63) is 325 Å². The summed E-state index contributed by atoms with van der Waals surface area (Å²) in [6, 6.07) is 98.2. The van der Waals surface area contributed by atoms with Gasteiger partial charge in [0, 0.05) is 72.1 Å². The molecule has 2 aliphatic rings. The topological polar surface area (TPSA) is 21.3 Å². The molecule has 110 heavy (non-hydrogen) atoms. The van der Waals surface area contributed by atoms with Crippen LogP contribution in [0.5, 0.6) is 0 Å². The quantitative estimate of drug-likeness (QED) is 0.141. The van der Waals surface area contributed by atoms with Gasteiger partial charge in [-0.05, 0) is 226 Å². The van der Waals surface area contributed by atoms with Gasteiger partial charge in [-0.1, -0.05) is 280 Å². The molecule has 0 aliphatic carbocycles. The standard InChI is InChI=1S/C104H94BN5/c1-100(2,3)71-43-50-87-81(58-71)82-59-72(101(4,5)6)44-51-88(82)106(87)77-47-49-86-94(64-77)110(92-41-29-39-80-79-38-28-40-91(98(79)108(99(80)92)76-36-26-19-27-37-76)109-89-52-45-73(102(7,8)9)60-83(89)84-61-74(103(10,11)12)46-53-90(84)109)96-63-75(104(13,14)15)62-95-97(96)105(86)85-48-42-68(65-30-20-16-21-31-65)57-93(85)107(95)78-55-69(66-32-22-17-23-33-66)54-70(56-78)67-34-24-18-25-35-67/h16-64H,1-15H3/i16D,20D,21D,30D,31D. The van der Waals surface area contributed by atoms with E-state index < -0.39 is 18.2 Å². The Hall–Kier alpha value is -11.9. The molecule has 0 radical (unpaired) electrons. The number of fused-ring (bicyclic) bond motifs is 13. The lowest BCUT2D eigenvalue weighted by molar-refractivity contribution is 0.590. The summed E-state index contributed by atoms with van der Waals surface area (Å²) < 4.78 is 53.8. The third-order valence-electron chi connectivity index (χ3n) is 23.6. The van der Waals surface area contributed by atoms with Gasteiger partial charge in [0.2, 0.25) is 0 Å². The van der Waals surface area contributed by atoms with Crippen LogP contribution in [0.15, 0.2) is 297 Å². The van der Waals surface area contributed by atoms with Crippen molar-refractivity contribution in [1.29, 1.82) is 0 Å². The predicted molar refractivity (Wildman–Crippen MR) is 473 cm³/mol. The number of para-hydroxylation sites is 3. The Balaban J connectivity index is 0.968. The van der Waals surface area contributed by atoms with Crippen molar-refractivity contribution in [2.24, 2.45) is 0 Å². The van der Waals surface area contributed by atoms with E-state index in [1.165, 1.54) is 43.8 Å². The van der Waals surface area contributed by atoms with Crippen LogP contribution in [0, 0.1) is 0 Å². The van der Waals surface area contributed by atoms with Gasteiger partial charge in [-0.3, -0.25) is 0 Å². The average molecular weight is 1430 g/mol. The normalized spacial score (nSPS) is 14.0. The van der Waals surface area contributed by atoms with E-state index in [2.05, 4.69) is 388 Å². The lowest BCUT2D eigenvalue weighted by Gasteiger charge is -2.45. The van der Waals surface area contributed by atoms with Gasteiger partial charge in [-0.25, -0.2) is 0 Å². The molecule has 2 aliphatic heterocycles. The Morgan fingerprint density at radius 1 is 0.245 bits per heavy atom. The van der Waals surface area contributed by atoms with E-state index >= 15 is 0 Å². The maximum Gasteiger partial charge on any atom is 0.252 e. The van der Waals surface area contributed by atoms with Crippen LogP contribution in [0.4, 0.5) is 34.1 Å². The van der Waals surface area contributed by atoms with Crippen molar-refractivity contribution in [2.75, 3.05) is 9.80 Å². The van der Waals surface area contributed by atoms with Crippen LogP contribution < -0.4 is 26.2 Å². The molecule has 538 valence electrons. The van der Waals surface area contributed by atoms with Crippen LogP contribution in [0.25, 0.3) is 116 Å². The molecule has 14 aromatic carbocycles. The van der Waals surface area contributed by atoms with Crippen LogP contribution in [0.3, 0.4) is 0 Å². The van der Waals surface area contributed by atoms with Gasteiger partial charge < -0.3 is 23.5 Å². The number of hydrogen-bond donors (Lipinski definition) is 0. The van der Waals surface area contributed by atoms with Crippen LogP contribution in [-0.2, 0) is 27.1 Å². The summed E-state index contributed by atoms with van der Waals surface area (Å²) in [6.45, 7) is 34.2. The predicted octanol–water partition coefficient (Wildman–Crippen LogP) is 26.5. The summed E-state index contributed by atoms with van der Waals surface area (Å²) in [5.41, 5.74) is 29.0. The summed E-state index contributed by atoms with van der Waals surface area (Å²) in [7, 11) is 0. The zero-order chi connectivity index (χ0) is 80.2. The Bertz CT molecular complexity index is 6700. The summed E-state index contributed by atoms with van der Waals surface area (Å²) in [4.78, 5) is 5.05. The molecule has 0 saturated carbocycles. The fraction of sp³-hybridized carbons (Fsp3) is 0.192. The fourth-order valence-corrected chi connectivity index (χ4v) is 17.7. The molecule has 17 aromatic rings. The van der Waals surface area contributed by atoms with Crippen molar-refractivity contribution in [1.82, 2.24) is 13.7 Å². The highest BCUT2D eigenvalue weighted by atomic mass is 15.2. The van der Waals surface area contributed by atoms with Crippen molar-refractivity contribution < 1.29 is 6.85 Å². The van der Waals surface area contributed by atoms with Crippen molar-refractivity contribution in [2.45, 2.75) is 131 Å². The van der Waals surface area contributed by atoms with Crippen LogP contribution in [0.2, 0.25) is 0 Å². The summed E-state index contributed by atoms with van der Waals surface area (Å²) in [5.74, 6) is 0. The molecule has 0 spiro atoms. The highest BCUT2D eigenvalue weighted by Gasteiger charge is 2.46. The van der Waals surface area contributed by atoms with Gasteiger partial charge in [-0.15, -0.1) is 0 Å². The average Bonchev–Trinajstić information content (AvgIpc) is 1.66. The summed E-state index contributed by atoms with van der Waals surface area (Å²) in [6.07, 6.45) is 0. The van der Waals surface area contributed by atoms with Gasteiger partial charge in [0.25, 0.3) is 6.71 Å². The first-order valence-corrected chi connectivity index (χ1v) is 39.0. The monoisotopic (exact) mass is 1430 g/mol. The largest absolute Gasteiger partial charge is 0.311 e. The van der Waals surface area contributed by atoms with Crippen molar-refractivity contribution in [3.8, 4) is 50.4 Å². The number of benzene rings is 14. The molecule has 3 aromatic heterocycles. The minimum atomic E-state index is -0.429. The smallest absolute Gasteiger partial charge is 0.252 e. The van der Waals surface area contributed by atoms with Gasteiger partial charge in [0.15, 0.2) is 0 Å². The first-order chi connectivity index (χ1) is 54.8. The van der Waals surface area contributed by atoms with Crippen molar-refractivity contribution in [3.63, 3.8) is 0 Å². The lowest BCUT2D eigenvalue weighted by Crippen LogP contribution is -2.61. The Kier molecular flexibility index (Phi) is 14.2. The van der Waals surface area contributed by atoms with Gasteiger partial charge in [-0.2, -0.15) is 0 Å². The maximum atomic E-state index is 9.59. The number of nitrogens with zero attached hydrogens (tertiary/aromatic N) is 5. The lowest BCUT2D eigenvalue weighted by atomic mass is 9.33. The SMILES string of the molecule is [2H]c1c([2H])c([2H])c(-c2ccc3c(c2)N(c2cc(-c4ccccc4)cc(-c4ccccc4)c2)c2cc(C(C)(C)C)cc4c2B3c2ccc(-n3c5ccc(C(C)(C)C)cc5c5cc(C(C)(C)C)ccc53)cc2N4c2cccc3c4cccc(-n5c6ccc(C(C)(C)C)cc6c6cc(C(C)(C)C)ccc65)c4n(-c4ccccc4)c23)c([2H])c1[2H]. The molecule has 0 atom stereocenters. The van der Waals surface area contributed by atoms with E-state index in [9.17, 15) is 2.74 Å². The highest BCUT2D eigenvalue weighted by Crippen LogP contribution is 2.53. The third-order valence-corrected chi connectivity index (χ3v) is 23.6. The van der Waals surface area contributed by atoms with E-state index in [-0.39, 0.29) is 51.4 Å². The van der Waals surface area contributed by atoms with Crippen LogP contribution in [-0.4, -0.2) is 20.4 Å². The van der Waals surface area contributed by atoms with Gasteiger partial charge in [0.1, 0.15) is 0 Å². The Morgan fingerprint density at radius 2 is 0.673 bits per heavy atom. The number of rotatable bonds is 8. The minimum absolute atomic E-state index is 0.0857. The molecule has 5 nitrogen and oxygen atoms in total. The second-order valence-electron chi connectivity index (χ2n) is 35.9. The number of aromatic nitrogens is 3. The molecule has 0 fully saturated rings. The van der Waals surface area contributed by atoms with E-state index in [1.807, 2.05) is 6.07 Å². The van der Waals surface area contributed by atoms with E-state index in [0.29, 0.717) is 5.56 Å². The van der Waals surface area contributed by atoms with E-state index in [4.69, 9.17) is 4.11 Å². The molecule has 19 rings (SSSR count). The highest BCUT2D eigenvalue weighted by molar-refractivity contribution is 7.00. The van der Waals surface area contributed by atoms with Gasteiger partial charge >= 0.3 is 0 Å². The molecule has 0 unspecified atom stereocenters. The van der Waals surface area contributed by atoms with Crippen LogP contribution in [0.1, 0.15) is 139 Å². The second-order valence-corrected chi connectivity index (χ2v) is 35.9. The Morgan fingerprint density at radius 3 is 1.15 bits per heavy atom. The minimum Gasteiger partial charge on any atom is -0.311 e. The fourth-order valence-electron chi connectivity index (χ4n) is 17.7. The maximum absolute atomic E-state index is 9.59. The first-order valence-electron chi connectivity index (χ1n) is 41.5. The molecular formula is C104H94BN5. The Labute approximate surface area is 655 Å². The van der Waals surface area contributed by atoms with E-state index in [1.54, 1.807) is 0 Å². The number of hydrogen-bond acceptors (Lipinski definition) is 2. The molecule has 0 bridgehead atoms. The van der Waals surface area contributed by atoms with Crippen LogP contribution >= 0.6 is 0 Å². The number of anilines is 6. The molecule has 0 amide bonds.